The highest BCUT2D eigenvalue weighted by molar-refractivity contribution is 6.33. The second-order valence-corrected chi connectivity index (χ2v) is 4.60. The Labute approximate surface area is 116 Å². The molecule has 1 fully saturated rings. The summed E-state index contributed by atoms with van der Waals surface area (Å²) in [5.74, 6) is -0.216. The second kappa shape index (κ2) is 6.92. The van der Waals surface area contributed by atoms with Gasteiger partial charge in [-0.15, -0.1) is 12.4 Å². The van der Waals surface area contributed by atoms with Crippen molar-refractivity contribution in [1.29, 1.82) is 0 Å². The Morgan fingerprint density at radius 2 is 2.33 bits per heavy atom. The molecule has 100 valence electrons. The van der Waals surface area contributed by atoms with E-state index in [2.05, 4.69) is 10.6 Å². The minimum Gasteiger partial charge on any atom is -0.352 e. The van der Waals surface area contributed by atoms with E-state index in [0.29, 0.717) is 18.0 Å². The van der Waals surface area contributed by atoms with E-state index in [9.17, 15) is 9.18 Å². The van der Waals surface area contributed by atoms with Crippen LogP contribution in [0.2, 0.25) is 5.02 Å². The largest absolute Gasteiger partial charge is 0.352 e. The molecule has 2 rings (SSSR count). The molecular weight excluding hydrogens is 278 g/mol. The number of benzene rings is 1. The van der Waals surface area contributed by atoms with Gasteiger partial charge in [0.1, 0.15) is 5.82 Å². The van der Waals surface area contributed by atoms with Gasteiger partial charge in [-0.2, -0.15) is 0 Å². The predicted molar refractivity (Wildman–Crippen MR) is 72.0 cm³/mol. The first-order valence-corrected chi connectivity index (χ1v) is 5.98. The lowest BCUT2D eigenvalue weighted by Gasteiger charge is -2.10. The van der Waals surface area contributed by atoms with Crippen LogP contribution in [0.25, 0.3) is 0 Å². The number of amides is 1. The van der Waals surface area contributed by atoms with Crippen LogP contribution in [0, 0.1) is 11.7 Å². The Hall–Kier alpha value is -0.840. The number of carbonyl (C=O) groups excluding carboxylic acids is 1. The van der Waals surface area contributed by atoms with Crippen molar-refractivity contribution in [3.63, 3.8) is 0 Å². The first-order chi connectivity index (χ1) is 8.16. The van der Waals surface area contributed by atoms with Crippen molar-refractivity contribution in [3.05, 3.63) is 34.6 Å². The molecule has 0 aromatic heterocycles. The molecule has 1 aliphatic rings. The second-order valence-electron chi connectivity index (χ2n) is 4.19. The SMILES string of the molecule is Cl.O=C(NCC1CCNC1)c1ccc(F)cc1Cl. The van der Waals surface area contributed by atoms with E-state index >= 15 is 0 Å². The Balaban J connectivity index is 0.00000162. The third-order valence-corrected chi connectivity index (χ3v) is 3.20. The molecule has 1 heterocycles. The Morgan fingerprint density at radius 3 is 2.94 bits per heavy atom. The maximum Gasteiger partial charge on any atom is 0.252 e. The van der Waals surface area contributed by atoms with Gasteiger partial charge in [0.15, 0.2) is 0 Å². The summed E-state index contributed by atoms with van der Waals surface area (Å²) in [6, 6.07) is 3.78. The van der Waals surface area contributed by atoms with Crippen molar-refractivity contribution in [1.82, 2.24) is 10.6 Å². The molecule has 1 atom stereocenters. The molecule has 1 saturated heterocycles. The van der Waals surface area contributed by atoms with Crippen LogP contribution >= 0.6 is 24.0 Å². The average Bonchev–Trinajstić information content (AvgIpc) is 2.78. The summed E-state index contributed by atoms with van der Waals surface area (Å²) in [4.78, 5) is 11.8. The van der Waals surface area contributed by atoms with Gasteiger partial charge >= 0.3 is 0 Å². The van der Waals surface area contributed by atoms with Crippen LogP contribution in [0.3, 0.4) is 0 Å². The number of halogens is 3. The monoisotopic (exact) mass is 292 g/mol. The number of carbonyl (C=O) groups is 1. The number of hydrogen-bond acceptors (Lipinski definition) is 2. The summed E-state index contributed by atoms with van der Waals surface area (Å²) >= 11 is 5.81. The van der Waals surface area contributed by atoms with E-state index in [-0.39, 0.29) is 23.3 Å². The van der Waals surface area contributed by atoms with Crippen LogP contribution in [-0.2, 0) is 0 Å². The zero-order valence-electron chi connectivity index (χ0n) is 9.71. The van der Waals surface area contributed by atoms with Gasteiger partial charge in [-0.1, -0.05) is 11.6 Å². The molecular formula is C12H15Cl2FN2O. The summed E-state index contributed by atoms with van der Waals surface area (Å²) in [6.45, 7) is 2.55. The van der Waals surface area contributed by atoms with Gasteiger partial charge in [0.2, 0.25) is 0 Å². The molecule has 0 aliphatic carbocycles. The van der Waals surface area contributed by atoms with Crippen LogP contribution in [0.4, 0.5) is 4.39 Å². The Kier molecular flexibility index (Phi) is 5.85. The third-order valence-electron chi connectivity index (χ3n) is 2.89. The van der Waals surface area contributed by atoms with Gasteiger partial charge < -0.3 is 10.6 Å². The van der Waals surface area contributed by atoms with Crippen LogP contribution in [0.15, 0.2) is 18.2 Å². The van der Waals surface area contributed by atoms with Crippen LogP contribution in [0.5, 0.6) is 0 Å². The highest BCUT2D eigenvalue weighted by atomic mass is 35.5. The number of rotatable bonds is 3. The van der Waals surface area contributed by atoms with Crippen molar-refractivity contribution in [2.75, 3.05) is 19.6 Å². The van der Waals surface area contributed by atoms with Crippen molar-refractivity contribution in [2.45, 2.75) is 6.42 Å². The average molecular weight is 293 g/mol. The van der Waals surface area contributed by atoms with Gasteiger partial charge in [0.05, 0.1) is 10.6 Å². The predicted octanol–water partition coefficient (Wildman–Crippen LogP) is 2.24. The number of hydrogen-bond donors (Lipinski definition) is 2. The van der Waals surface area contributed by atoms with Crippen LogP contribution in [-0.4, -0.2) is 25.5 Å². The quantitative estimate of drug-likeness (QED) is 0.897. The first-order valence-electron chi connectivity index (χ1n) is 5.61. The lowest BCUT2D eigenvalue weighted by Crippen LogP contribution is -2.30. The Morgan fingerprint density at radius 1 is 1.56 bits per heavy atom. The van der Waals surface area contributed by atoms with Crippen molar-refractivity contribution in [3.8, 4) is 0 Å². The van der Waals surface area contributed by atoms with Crippen molar-refractivity contribution < 1.29 is 9.18 Å². The van der Waals surface area contributed by atoms with E-state index in [0.717, 1.165) is 25.6 Å². The zero-order valence-corrected chi connectivity index (χ0v) is 11.3. The first kappa shape index (κ1) is 15.2. The minimum atomic E-state index is -0.438. The normalized spacial score (nSPS) is 18.2. The summed E-state index contributed by atoms with van der Waals surface area (Å²) < 4.78 is 12.8. The fourth-order valence-electron chi connectivity index (χ4n) is 1.89. The van der Waals surface area contributed by atoms with E-state index in [4.69, 9.17) is 11.6 Å². The fraction of sp³-hybridized carbons (Fsp3) is 0.417. The summed E-state index contributed by atoms with van der Waals surface area (Å²) in [6.07, 6.45) is 1.07. The van der Waals surface area contributed by atoms with E-state index < -0.39 is 5.82 Å². The standard InChI is InChI=1S/C12H14ClFN2O.ClH/c13-11-5-9(14)1-2-10(11)12(17)16-7-8-3-4-15-6-8;/h1-2,5,8,15H,3-4,6-7H2,(H,16,17);1H. The maximum absolute atomic E-state index is 12.8. The summed E-state index contributed by atoms with van der Waals surface area (Å²) in [7, 11) is 0. The fourth-order valence-corrected chi connectivity index (χ4v) is 2.15. The minimum absolute atomic E-state index is 0. The molecule has 1 aromatic carbocycles. The van der Waals surface area contributed by atoms with Gasteiger partial charge in [-0.05, 0) is 43.6 Å². The van der Waals surface area contributed by atoms with E-state index in [1.54, 1.807) is 0 Å². The van der Waals surface area contributed by atoms with E-state index in [1.807, 2.05) is 0 Å². The topological polar surface area (TPSA) is 41.1 Å². The smallest absolute Gasteiger partial charge is 0.252 e. The molecule has 1 aliphatic heterocycles. The van der Waals surface area contributed by atoms with Crippen molar-refractivity contribution >= 4 is 29.9 Å². The zero-order chi connectivity index (χ0) is 12.3. The summed E-state index contributed by atoms with van der Waals surface area (Å²) in [5, 5.41) is 6.19. The van der Waals surface area contributed by atoms with Crippen LogP contribution in [0.1, 0.15) is 16.8 Å². The van der Waals surface area contributed by atoms with Gasteiger partial charge in [-0.3, -0.25) is 4.79 Å². The van der Waals surface area contributed by atoms with Gasteiger partial charge in [0, 0.05) is 6.54 Å². The van der Waals surface area contributed by atoms with Crippen LogP contribution < -0.4 is 10.6 Å². The molecule has 0 spiro atoms. The third kappa shape index (κ3) is 3.83. The van der Waals surface area contributed by atoms with E-state index in [1.165, 1.54) is 12.1 Å². The summed E-state index contributed by atoms with van der Waals surface area (Å²) in [5.41, 5.74) is 0.319. The molecule has 0 bridgehead atoms. The van der Waals surface area contributed by atoms with Gasteiger partial charge in [0.25, 0.3) is 5.91 Å². The lowest BCUT2D eigenvalue weighted by molar-refractivity contribution is 0.0948. The molecule has 1 aromatic rings. The molecule has 1 unspecified atom stereocenters. The van der Waals surface area contributed by atoms with Gasteiger partial charge in [-0.25, -0.2) is 4.39 Å². The highest BCUT2D eigenvalue weighted by Gasteiger charge is 2.16. The molecule has 18 heavy (non-hydrogen) atoms. The number of nitrogens with one attached hydrogen (secondary N) is 2. The molecule has 0 saturated carbocycles. The molecule has 2 N–H and O–H groups in total. The maximum atomic E-state index is 12.8. The molecule has 6 heteroatoms. The van der Waals surface area contributed by atoms with Crippen molar-refractivity contribution in [2.24, 2.45) is 5.92 Å². The lowest BCUT2D eigenvalue weighted by atomic mass is 10.1. The molecule has 3 nitrogen and oxygen atoms in total. The molecule has 1 amide bonds. The highest BCUT2D eigenvalue weighted by Crippen LogP contribution is 2.17. The molecule has 0 radical (unpaired) electrons. The Bertz CT molecular complexity index is 423.